The second-order valence-corrected chi connectivity index (χ2v) is 6.85. The predicted molar refractivity (Wildman–Crippen MR) is 93.3 cm³/mol. The van der Waals surface area contributed by atoms with E-state index in [2.05, 4.69) is 15.9 Å². The van der Waals surface area contributed by atoms with Gasteiger partial charge in [-0.05, 0) is 49.8 Å². The SMILES string of the molecule is O=C1CC[C@H]2CN(C/C=C/c3ccco3)CC[C@H]2N1CCCCO. The maximum atomic E-state index is 12.3. The van der Waals surface area contributed by atoms with E-state index in [1.165, 1.54) is 0 Å². The van der Waals surface area contributed by atoms with Crippen LogP contribution in [0.5, 0.6) is 0 Å². The van der Waals surface area contributed by atoms with E-state index in [9.17, 15) is 4.79 Å². The number of unbranched alkanes of at least 4 members (excludes halogenated alkanes) is 1. The Morgan fingerprint density at radius 2 is 2.25 bits per heavy atom. The molecule has 1 aromatic heterocycles. The lowest BCUT2D eigenvalue weighted by Gasteiger charge is -2.47. The normalized spacial score (nSPS) is 25.4. The van der Waals surface area contributed by atoms with Crippen molar-refractivity contribution in [3.8, 4) is 0 Å². The standard InChI is InChI=1S/C19H28N2O3/c22-13-2-1-11-21-18-9-12-20(15-16(18)7-8-19(21)23)10-3-5-17-6-4-14-24-17/h3-6,14,16,18,22H,1-2,7-13,15H2/b5-3+/t16-,18+/m0/s1. The summed E-state index contributed by atoms with van der Waals surface area (Å²) in [5, 5.41) is 8.96. The van der Waals surface area contributed by atoms with Crippen molar-refractivity contribution < 1.29 is 14.3 Å². The summed E-state index contributed by atoms with van der Waals surface area (Å²) in [6.07, 6.45) is 10.3. The van der Waals surface area contributed by atoms with Crippen molar-refractivity contribution in [2.75, 3.05) is 32.8 Å². The first-order chi connectivity index (χ1) is 11.8. The monoisotopic (exact) mass is 332 g/mol. The zero-order valence-corrected chi connectivity index (χ0v) is 14.3. The highest BCUT2D eigenvalue weighted by atomic mass is 16.3. The number of likely N-dealkylation sites (tertiary alicyclic amines) is 2. The Morgan fingerprint density at radius 1 is 1.33 bits per heavy atom. The van der Waals surface area contributed by atoms with E-state index in [1.54, 1.807) is 6.26 Å². The van der Waals surface area contributed by atoms with Crippen LogP contribution in [-0.4, -0.2) is 59.6 Å². The third-order valence-corrected chi connectivity index (χ3v) is 5.22. The zero-order chi connectivity index (χ0) is 16.8. The summed E-state index contributed by atoms with van der Waals surface area (Å²) in [4.78, 5) is 16.8. The summed E-state index contributed by atoms with van der Waals surface area (Å²) in [6, 6.07) is 4.25. The highest BCUT2D eigenvalue weighted by Gasteiger charge is 2.38. The van der Waals surface area contributed by atoms with Gasteiger partial charge in [0.05, 0.1) is 6.26 Å². The molecule has 2 atom stereocenters. The Labute approximate surface area is 143 Å². The Bertz CT molecular complexity index is 541. The molecular weight excluding hydrogens is 304 g/mol. The molecule has 0 saturated carbocycles. The van der Waals surface area contributed by atoms with Crippen LogP contribution in [0.4, 0.5) is 0 Å². The average Bonchev–Trinajstić information content (AvgIpc) is 3.10. The lowest BCUT2D eigenvalue weighted by atomic mass is 9.83. The number of piperidine rings is 2. The molecule has 2 fully saturated rings. The molecule has 0 bridgehead atoms. The number of furan rings is 1. The number of rotatable bonds is 7. The van der Waals surface area contributed by atoms with E-state index in [0.717, 1.165) is 57.6 Å². The van der Waals surface area contributed by atoms with Gasteiger partial charge in [0, 0.05) is 45.2 Å². The summed E-state index contributed by atoms with van der Waals surface area (Å²) < 4.78 is 5.31. The molecule has 1 amide bonds. The molecule has 2 aliphatic heterocycles. The van der Waals surface area contributed by atoms with E-state index in [-0.39, 0.29) is 6.61 Å². The Kier molecular flexibility index (Phi) is 6.10. The Balaban J connectivity index is 1.51. The molecule has 132 valence electrons. The molecule has 0 radical (unpaired) electrons. The summed E-state index contributed by atoms with van der Waals surface area (Å²) in [5.41, 5.74) is 0. The number of nitrogens with zero attached hydrogens (tertiary/aromatic N) is 2. The minimum absolute atomic E-state index is 0.214. The quantitative estimate of drug-likeness (QED) is 0.779. The van der Waals surface area contributed by atoms with Crippen molar-refractivity contribution in [1.82, 2.24) is 9.80 Å². The first-order valence-corrected chi connectivity index (χ1v) is 9.10. The molecule has 5 heteroatoms. The van der Waals surface area contributed by atoms with Crippen molar-refractivity contribution in [1.29, 1.82) is 0 Å². The van der Waals surface area contributed by atoms with Gasteiger partial charge in [-0.3, -0.25) is 9.69 Å². The average molecular weight is 332 g/mol. The van der Waals surface area contributed by atoms with Crippen LogP contribution in [-0.2, 0) is 4.79 Å². The van der Waals surface area contributed by atoms with E-state index >= 15 is 0 Å². The van der Waals surface area contributed by atoms with Crippen LogP contribution in [0, 0.1) is 5.92 Å². The van der Waals surface area contributed by atoms with Crippen LogP contribution in [0.15, 0.2) is 28.9 Å². The number of carbonyl (C=O) groups is 1. The molecular formula is C19H28N2O3. The fraction of sp³-hybridized carbons (Fsp3) is 0.632. The number of carbonyl (C=O) groups excluding carboxylic acids is 1. The molecule has 2 aliphatic rings. The lowest BCUT2D eigenvalue weighted by Crippen LogP contribution is -2.56. The summed E-state index contributed by atoms with van der Waals surface area (Å²) in [7, 11) is 0. The van der Waals surface area contributed by atoms with Crippen LogP contribution in [0.1, 0.15) is 37.9 Å². The number of fused-ring (bicyclic) bond motifs is 1. The number of hydrogen-bond donors (Lipinski definition) is 1. The zero-order valence-electron chi connectivity index (χ0n) is 14.3. The van der Waals surface area contributed by atoms with Gasteiger partial charge in [-0.25, -0.2) is 0 Å². The molecule has 2 saturated heterocycles. The predicted octanol–water partition coefficient (Wildman–Crippen LogP) is 2.38. The minimum atomic E-state index is 0.214. The number of aliphatic hydroxyl groups excluding tert-OH is 1. The lowest BCUT2D eigenvalue weighted by molar-refractivity contribution is -0.141. The number of amides is 1. The highest BCUT2D eigenvalue weighted by Crippen LogP contribution is 2.31. The number of aliphatic hydroxyl groups is 1. The first-order valence-electron chi connectivity index (χ1n) is 9.10. The molecule has 3 heterocycles. The molecule has 0 unspecified atom stereocenters. The first kappa shape index (κ1) is 17.2. The van der Waals surface area contributed by atoms with Gasteiger partial charge in [0.2, 0.25) is 5.91 Å². The molecule has 24 heavy (non-hydrogen) atoms. The molecule has 0 spiro atoms. The van der Waals surface area contributed by atoms with Gasteiger partial charge in [-0.2, -0.15) is 0 Å². The number of hydrogen-bond acceptors (Lipinski definition) is 4. The summed E-state index contributed by atoms with van der Waals surface area (Å²) in [6.45, 7) is 4.05. The largest absolute Gasteiger partial charge is 0.465 e. The molecule has 0 aliphatic carbocycles. The van der Waals surface area contributed by atoms with E-state index in [4.69, 9.17) is 9.52 Å². The van der Waals surface area contributed by atoms with Crippen LogP contribution >= 0.6 is 0 Å². The van der Waals surface area contributed by atoms with Gasteiger partial charge < -0.3 is 14.4 Å². The van der Waals surface area contributed by atoms with E-state index < -0.39 is 0 Å². The van der Waals surface area contributed by atoms with Gasteiger partial charge >= 0.3 is 0 Å². The van der Waals surface area contributed by atoms with Crippen molar-refractivity contribution in [2.45, 2.75) is 38.1 Å². The van der Waals surface area contributed by atoms with Crippen LogP contribution in [0.3, 0.4) is 0 Å². The second-order valence-electron chi connectivity index (χ2n) is 6.85. The smallest absolute Gasteiger partial charge is 0.222 e. The molecule has 1 N–H and O–H groups in total. The third kappa shape index (κ3) is 4.28. The molecule has 5 nitrogen and oxygen atoms in total. The van der Waals surface area contributed by atoms with Crippen LogP contribution in [0.25, 0.3) is 6.08 Å². The summed E-state index contributed by atoms with van der Waals surface area (Å²) in [5.74, 6) is 1.78. The van der Waals surface area contributed by atoms with Crippen molar-refractivity contribution in [3.63, 3.8) is 0 Å². The van der Waals surface area contributed by atoms with Gasteiger partial charge in [0.25, 0.3) is 0 Å². The van der Waals surface area contributed by atoms with Crippen LogP contribution < -0.4 is 0 Å². The van der Waals surface area contributed by atoms with Gasteiger partial charge in [0.15, 0.2) is 0 Å². The Morgan fingerprint density at radius 3 is 3.04 bits per heavy atom. The second kappa shape index (κ2) is 8.49. The topological polar surface area (TPSA) is 56.9 Å². The Hall–Kier alpha value is -1.59. The van der Waals surface area contributed by atoms with Gasteiger partial charge in [-0.15, -0.1) is 0 Å². The van der Waals surface area contributed by atoms with E-state index in [1.807, 2.05) is 18.2 Å². The van der Waals surface area contributed by atoms with Gasteiger partial charge in [0.1, 0.15) is 5.76 Å². The fourth-order valence-electron chi connectivity index (χ4n) is 3.98. The molecule has 3 rings (SSSR count). The van der Waals surface area contributed by atoms with Crippen molar-refractivity contribution in [3.05, 3.63) is 30.2 Å². The molecule has 0 aromatic carbocycles. The van der Waals surface area contributed by atoms with Crippen LogP contribution in [0.2, 0.25) is 0 Å². The fourth-order valence-corrected chi connectivity index (χ4v) is 3.98. The minimum Gasteiger partial charge on any atom is -0.465 e. The van der Waals surface area contributed by atoms with E-state index in [0.29, 0.717) is 24.3 Å². The van der Waals surface area contributed by atoms with Crippen molar-refractivity contribution >= 4 is 12.0 Å². The summed E-state index contributed by atoms with van der Waals surface area (Å²) >= 11 is 0. The molecule has 1 aromatic rings. The third-order valence-electron chi connectivity index (χ3n) is 5.22. The highest BCUT2D eigenvalue weighted by molar-refractivity contribution is 5.77. The maximum Gasteiger partial charge on any atom is 0.222 e. The van der Waals surface area contributed by atoms with Gasteiger partial charge in [-0.1, -0.05) is 6.08 Å². The van der Waals surface area contributed by atoms with Crippen molar-refractivity contribution in [2.24, 2.45) is 5.92 Å². The maximum absolute atomic E-state index is 12.3.